The van der Waals surface area contributed by atoms with Crippen molar-refractivity contribution in [2.45, 2.75) is 5.41 Å². The van der Waals surface area contributed by atoms with Gasteiger partial charge in [-0.05, 0) is 131 Å². The molecule has 0 aliphatic heterocycles. The van der Waals surface area contributed by atoms with Crippen LogP contribution >= 0.6 is 0 Å². The van der Waals surface area contributed by atoms with Crippen molar-refractivity contribution in [1.82, 2.24) is 4.57 Å². The van der Waals surface area contributed by atoms with Crippen LogP contribution < -0.4 is 4.90 Å². The number of aromatic nitrogens is 1. The van der Waals surface area contributed by atoms with Gasteiger partial charge in [0.15, 0.2) is 0 Å². The van der Waals surface area contributed by atoms with E-state index in [1.807, 2.05) is 0 Å². The molecule has 1 heterocycles. The average molecular weight is 875 g/mol. The average Bonchev–Trinajstić information content (AvgIpc) is 3.75. The third-order valence-electron chi connectivity index (χ3n) is 15.4. The minimum absolute atomic E-state index is 0.661. The van der Waals surface area contributed by atoms with Crippen molar-refractivity contribution >= 4 is 71.2 Å². The summed E-state index contributed by atoms with van der Waals surface area (Å²) >= 11 is 0. The second-order valence-electron chi connectivity index (χ2n) is 18.7. The van der Waals surface area contributed by atoms with Gasteiger partial charge in [0.2, 0.25) is 0 Å². The third kappa shape index (κ3) is 5.26. The topological polar surface area (TPSA) is 8.17 Å². The van der Waals surface area contributed by atoms with E-state index in [4.69, 9.17) is 0 Å². The summed E-state index contributed by atoms with van der Waals surface area (Å²) in [7, 11) is 0. The Kier molecular flexibility index (Phi) is 8.02. The minimum Gasteiger partial charge on any atom is -0.310 e. The Morgan fingerprint density at radius 2 is 0.855 bits per heavy atom. The van der Waals surface area contributed by atoms with Gasteiger partial charge in [-0.2, -0.15) is 0 Å². The van der Waals surface area contributed by atoms with Crippen LogP contribution in [0.3, 0.4) is 0 Å². The largest absolute Gasteiger partial charge is 0.310 e. The number of hydrogen-bond acceptors (Lipinski definition) is 1. The van der Waals surface area contributed by atoms with Crippen LogP contribution in [0.15, 0.2) is 255 Å². The molecule has 0 N–H and O–H groups in total. The van der Waals surface area contributed by atoms with Crippen LogP contribution in [-0.4, -0.2) is 4.57 Å². The zero-order valence-corrected chi connectivity index (χ0v) is 37.6. The molecule has 2 heteroatoms. The molecular weight excluding hydrogens is 833 g/mol. The van der Waals surface area contributed by atoms with E-state index in [0.717, 1.165) is 22.7 Å². The quantitative estimate of drug-likeness (QED) is 0.167. The number of rotatable bonds is 5. The summed E-state index contributed by atoms with van der Waals surface area (Å²) in [4.78, 5) is 2.51. The van der Waals surface area contributed by atoms with Crippen molar-refractivity contribution in [2.24, 2.45) is 0 Å². The summed E-state index contributed by atoms with van der Waals surface area (Å²) in [6.07, 6.45) is 0. The van der Waals surface area contributed by atoms with Crippen LogP contribution in [0, 0.1) is 0 Å². The summed E-state index contributed by atoms with van der Waals surface area (Å²) < 4.78 is 2.43. The summed E-state index contributed by atoms with van der Waals surface area (Å²) in [5.41, 5.74) is 19.0. The van der Waals surface area contributed by atoms with Crippen molar-refractivity contribution < 1.29 is 0 Å². The zero-order valence-electron chi connectivity index (χ0n) is 37.6. The Morgan fingerprint density at radius 3 is 1.74 bits per heavy atom. The molecule has 69 heavy (non-hydrogen) atoms. The Hall–Kier alpha value is -8.98. The van der Waals surface area contributed by atoms with Crippen molar-refractivity contribution in [3.63, 3.8) is 0 Å². The van der Waals surface area contributed by atoms with Gasteiger partial charge >= 0.3 is 0 Å². The Balaban J connectivity index is 1.07. The van der Waals surface area contributed by atoms with Crippen LogP contribution in [0.4, 0.5) is 17.1 Å². The maximum atomic E-state index is 2.55. The van der Waals surface area contributed by atoms with Gasteiger partial charge in [0.05, 0.1) is 22.1 Å². The molecule has 1 aromatic heterocycles. The van der Waals surface area contributed by atoms with Gasteiger partial charge in [-0.15, -0.1) is 0 Å². The molecule has 0 amide bonds. The highest BCUT2D eigenvalue weighted by Gasteiger charge is 2.49. The van der Waals surface area contributed by atoms with Gasteiger partial charge in [0.25, 0.3) is 0 Å². The smallest absolute Gasteiger partial charge is 0.0726 e. The second-order valence-corrected chi connectivity index (χ2v) is 18.7. The van der Waals surface area contributed by atoms with Crippen molar-refractivity contribution in [3.05, 3.63) is 277 Å². The first-order valence-electron chi connectivity index (χ1n) is 24.0. The van der Waals surface area contributed by atoms with Gasteiger partial charge in [0, 0.05) is 33.2 Å². The normalized spacial score (nSPS) is 14.4. The predicted molar refractivity (Wildman–Crippen MR) is 290 cm³/mol. The molecule has 1 unspecified atom stereocenters. The van der Waals surface area contributed by atoms with Gasteiger partial charge in [0.1, 0.15) is 0 Å². The van der Waals surface area contributed by atoms with Crippen molar-refractivity contribution in [2.75, 3.05) is 4.90 Å². The van der Waals surface area contributed by atoms with Crippen LogP contribution in [0.25, 0.3) is 93.2 Å². The Bertz CT molecular complexity index is 4250. The molecule has 0 saturated heterocycles. The fraction of sp³-hybridized carbons (Fsp3) is 0.0149. The van der Waals surface area contributed by atoms with Gasteiger partial charge in [-0.1, -0.05) is 206 Å². The predicted octanol–water partition coefficient (Wildman–Crippen LogP) is 17.7. The van der Waals surface area contributed by atoms with E-state index >= 15 is 0 Å². The molecule has 1 spiro atoms. The SMILES string of the molecule is c1ccc(-c2ccc3c4c(cccc24)C2(c4cc(N(c5ccc6c7ccccc7n(-c7ccccc7)c6c5)c5cccc6ccccc56)ccc4-c4cccc5cccc2c45)c2ccccc2-3)cc1. The lowest BCUT2D eigenvalue weighted by Crippen LogP contribution is -2.36. The van der Waals surface area contributed by atoms with E-state index in [9.17, 15) is 0 Å². The molecule has 15 rings (SSSR count). The number of nitrogens with zero attached hydrogens (tertiary/aromatic N) is 2. The molecule has 2 aliphatic rings. The molecule has 0 saturated carbocycles. The van der Waals surface area contributed by atoms with Crippen LogP contribution in [0.1, 0.15) is 22.3 Å². The highest BCUT2D eigenvalue weighted by Crippen LogP contribution is 2.62. The molecular formula is C67H42N2. The first-order chi connectivity index (χ1) is 34.3. The standard InChI is InChI=1S/C67H42N2/c1-3-17-43(18-4-1)49-39-40-57-51-26-9-11-30-58(51)67(60-32-16-29-55(49)66(57)60)59-31-14-22-45-21-13-28-56(65(45)59)52-37-35-47(41-61(52)67)68(62-34-15-20-44-19-7-8-25-50(44)62)48-36-38-54-53-27-10-12-33-63(53)69(64(54)42-48)46-23-5-2-6-24-46/h1-42H. The van der Waals surface area contributed by atoms with E-state index < -0.39 is 5.41 Å². The van der Waals surface area contributed by atoms with E-state index in [-0.39, 0.29) is 0 Å². The number of hydrogen-bond donors (Lipinski definition) is 0. The van der Waals surface area contributed by atoms with Gasteiger partial charge in [-0.3, -0.25) is 0 Å². The Morgan fingerprint density at radius 1 is 0.304 bits per heavy atom. The van der Waals surface area contributed by atoms with Gasteiger partial charge < -0.3 is 9.47 Å². The molecule has 0 bridgehead atoms. The van der Waals surface area contributed by atoms with E-state index in [0.29, 0.717) is 0 Å². The molecule has 320 valence electrons. The maximum absolute atomic E-state index is 2.55. The lowest BCUT2D eigenvalue weighted by molar-refractivity contribution is 0.754. The fourth-order valence-electron chi connectivity index (χ4n) is 12.6. The second kappa shape index (κ2) is 14.5. The van der Waals surface area contributed by atoms with E-state index in [2.05, 4.69) is 264 Å². The molecule has 0 fully saturated rings. The molecule has 1 atom stereocenters. The lowest BCUT2D eigenvalue weighted by Gasteiger charge is -2.46. The summed E-state index contributed by atoms with van der Waals surface area (Å²) in [5.74, 6) is 0. The minimum atomic E-state index is -0.661. The number of fused-ring (bicyclic) bond motifs is 12. The summed E-state index contributed by atoms with van der Waals surface area (Å²) in [5, 5.41) is 10.0. The number of anilines is 3. The first-order valence-corrected chi connectivity index (χ1v) is 24.0. The molecule has 0 radical (unpaired) electrons. The maximum Gasteiger partial charge on any atom is 0.0726 e. The fourth-order valence-corrected chi connectivity index (χ4v) is 12.6. The third-order valence-corrected chi connectivity index (χ3v) is 15.4. The van der Waals surface area contributed by atoms with E-state index in [1.54, 1.807) is 0 Å². The van der Waals surface area contributed by atoms with Gasteiger partial charge in [-0.25, -0.2) is 0 Å². The van der Waals surface area contributed by atoms with Crippen molar-refractivity contribution in [1.29, 1.82) is 0 Å². The monoisotopic (exact) mass is 874 g/mol. The van der Waals surface area contributed by atoms with Crippen LogP contribution in [0.2, 0.25) is 0 Å². The molecule has 12 aromatic carbocycles. The number of benzene rings is 12. The number of para-hydroxylation sites is 2. The summed E-state index contributed by atoms with van der Waals surface area (Å²) in [6, 6.07) is 95.3. The molecule has 2 aliphatic carbocycles. The lowest BCUT2D eigenvalue weighted by atomic mass is 9.55. The van der Waals surface area contributed by atoms with E-state index in [1.165, 1.54) is 110 Å². The first kappa shape index (κ1) is 38.2. The zero-order chi connectivity index (χ0) is 45.2. The Labute approximate surface area is 400 Å². The van der Waals surface area contributed by atoms with Crippen LogP contribution in [0.5, 0.6) is 0 Å². The van der Waals surface area contributed by atoms with Crippen LogP contribution in [-0.2, 0) is 5.41 Å². The molecule has 13 aromatic rings. The highest BCUT2D eigenvalue weighted by molar-refractivity contribution is 6.15. The van der Waals surface area contributed by atoms with Crippen molar-refractivity contribution in [3.8, 4) is 39.1 Å². The highest BCUT2D eigenvalue weighted by atomic mass is 15.1. The molecule has 2 nitrogen and oxygen atoms in total. The summed E-state index contributed by atoms with van der Waals surface area (Å²) in [6.45, 7) is 0.